The SMILES string of the molecule is CC1(C)CC1C(=O)Cc1cc(F)ccc1Cl. The highest BCUT2D eigenvalue weighted by atomic mass is 35.5. The van der Waals surface area contributed by atoms with Gasteiger partial charge in [0.05, 0.1) is 0 Å². The van der Waals surface area contributed by atoms with Gasteiger partial charge in [-0.05, 0) is 35.6 Å². The molecular formula is C13H14ClFO. The molecule has 0 heterocycles. The van der Waals surface area contributed by atoms with Gasteiger partial charge in [0.2, 0.25) is 0 Å². The summed E-state index contributed by atoms with van der Waals surface area (Å²) >= 11 is 5.92. The van der Waals surface area contributed by atoms with Gasteiger partial charge in [0.1, 0.15) is 11.6 Å². The van der Waals surface area contributed by atoms with Crippen LogP contribution in [0.2, 0.25) is 5.02 Å². The number of hydrogen-bond donors (Lipinski definition) is 0. The Morgan fingerprint density at radius 3 is 2.75 bits per heavy atom. The van der Waals surface area contributed by atoms with E-state index in [2.05, 4.69) is 13.8 Å². The predicted molar refractivity (Wildman–Crippen MR) is 62.0 cm³/mol. The van der Waals surface area contributed by atoms with E-state index in [0.29, 0.717) is 10.6 Å². The molecule has 86 valence electrons. The van der Waals surface area contributed by atoms with Gasteiger partial charge in [0, 0.05) is 17.4 Å². The van der Waals surface area contributed by atoms with Crippen molar-refractivity contribution in [2.45, 2.75) is 26.7 Å². The van der Waals surface area contributed by atoms with Gasteiger partial charge in [-0.25, -0.2) is 4.39 Å². The van der Waals surface area contributed by atoms with Gasteiger partial charge in [-0.15, -0.1) is 0 Å². The maximum Gasteiger partial charge on any atom is 0.140 e. The molecule has 2 rings (SSSR count). The molecule has 1 aromatic carbocycles. The van der Waals surface area contributed by atoms with Crippen LogP contribution in [0.3, 0.4) is 0 Å². The summed E-state index contributed by atoms with van der Waals surface area (Å²) in [5.74, 6) is -0.0633. The molecule has 0 aromatic heterocycles. The van der Waals surface area contributed by atoms with Crippen molar-refractivity contribution >= 4 is 17.4 Å². The highest BCUT2D eigenvalue weighted by molar-refractivity contribution is 6.31. The molecule has 0 saturated heterocycles. The summed E-state index contributed by atoms with van der Waals surface area (Å²) in [5.41, 5.74) is 0.714. The van der Waals surface area contributed by atoms with E-state index >= 15 is 0 Å². The first kappa shape index (κ1) is 11.6. The molecule has 1 saturated carbocycles. The van der Waals surface area contributed by atoms with Crippen LogP contribution in [0.25, 0.3) is 0 Å². The maximum absolute atomic E-state index is 13.0. The van der Waals surface area contributed by atoms with Crippen molar-refractivity contribution in [3.8, 4) is 0 Å². The standard InChI is InChI=1S/C13H14ClFO/c1-13(2)7-10(13)12(16)6-8-5-9(15)3-4-11(8)14/h3-5,10H,6-7H2,1-2H3. The van der Waals surface area contributed by atoms with Crippen LogP contribution in [0.1, 0.15) is 25.8 Å². The van der Waals surface area contributed by atoms with Gasteiger partial charge in [-0.1, -0.05) is 25.4 Å². The number of ketones is 1. The van der Waals surface area contributed by atoms with Crippen LogP contribution in [-0.4, -0.2) is 5.78 Å². The lowest BCUT2D eigenvalue weighted by Crippen LogP contribution is -2.09. The molecule has 0 bridgehead atoms. The van der Waals surface area contributed by atoms with Crippen LogP contribution < -0.4 is 0 Å². The van der Waals surface area contributed by atoms with E-state index < -0.39 is 0 Å². The minimum absolute atomic E-state index is 0.117. The van der Waals surface area contributed by atoms with Crippen LogP contribution in [0.15, 0.2) is 18.2 Å². The minimum atomic E-state index is -0.345. The number of carbonyl (C=O) groups excluding carboxylic acids is 1. The second-order valence-electron chi connectivity index (χ2n) is 5.12. The summed E-state index contributed by atoms with van der Waals surface area (Å²) in [7, 11) is 0. The van der Waals surface area contributed by atoms with E-state index in [9.17, 15) is 9.18 Å². The van der Waals surface area contributed by atoms with Gasteiger partial charge in [-0.3, -0.25) is 4.79 Å². The molecule has 1 unspecified atom stereocenters. The van der Waals surface area contributed by atoms with Crippen LogP contribution >= 0.6 is 11.6 Å². The first-order chi connectivity index (χ1) is 7.40. The Balaban J connectivity index is 2.10. The molecule has 1 atom stereocenters. The number of benzene rings is 1. The van der Waals surface area contributed by atoms with Crippen LogP contribution in [0, 0.1) is 17.2 Å². The zero-order valence-corrected chi connectivity index (χ0v) is 10.1. The lowest BCUT2D eigenvalue weighted by molar-refractivity contribution is -0.120. The molecule has 1 aromatic rings. The van der Waals surface area contributed by atoms with Gasteiger partial charge >= 0.3 is 0 Å². The number of halogens is 2. The fraction of sp³-hybridized carbons (Fsp3) is 0.462. The predicted octanol–water partition coefficient (Wildman–Crippen LogP) is 3.64. The van der Waals surface area contributed by atoms with E-state index in [1.165, 1.54) is 18.2 Å². The van der Waals surface area contributed by atoms with E-state index in [4.69, 9.17) is 11.6 Å². The van der Waals surface area contributed by atoms with Gasteiger partial charge in [0.15, 0.2) is 0 Å². The largest absolute Gasteiger partial charge is 0.299 e. The van der Waals surface area contributed by atoms with Crippen LogP contribution in [0.5, 0.6) is 0 Å². The Bertz CT molecular complexity index is 440. The summed E-state index contributed by atoms with van der Waals surface area (Å²) in [6.45, 7) is 4.14. The molecule has 0 amide bonds. The number of carbonyl (C=O) groups is 1. The maximum atomic E-state index is 13.0. The van der Waals surface area contributed by atoms with Crippen molar-refractivity contribution in [2.75, 3.05) is 0 Å². The normalized spacial score (nSPS) is 21.9. The summed E-state index contributed by atoms with van der Waals surface area (Å²) in [5, 5.41) is 0.466. The van der Waals surface area contributed by atoms with Crippen LogP contribution in [0.4, 0.5) is 4.39 Å². The summed E-state index contributed by atoms with van der Waals surface area (Å²) in [6.07, 6.45) is 1.17. The molecule has 0 radical (unpaired) electrons. The minimum Gasteiger partial charge on any atom is -0.299 e. The van der Waals surface area contributed by atoms with Crippen molar-refractivity contribution in [3.05, 3.63) is 34.6 Å². The highest BCUT2D eigenvalue weighted by Gasteiger charge is 2.49. The van der Waals surface area contributed by atoms with E-state index in [1.54, 1.807) is 0 Å². The third-order valence-corrected chi connectivity index (χ3v) is 3.64. The first-order valence-corrected chi connectivity index (χ1v) is 5.74. The number of rotatable bonds is 3. The Hall–Kier alpha value is -0.890. The second kappa shape index (κ2) is 3.85. The quantitative estimate of drug-likeness (QED) is 0.789. The number of Topliss-reactive ketones (excluding diaryl/α,β-unsaturated/α-hetero) is 1. The summed E-state index contributed by atoms with van der Waals surface area (Å²) < 4.78 is 13.0. The van der Waals surface area contributed by atoms with Gasteiger partial charge in [0.25, 0.3) is 0 Å². The topological polar surface area (TPSA) is 17.1 Å². The molecule has 1 fully saturated rings. The Labute approximate surface area is 99.6 Å². The van der Waals surface area contributed by atoms with Crippen LogP contribution in [-0.2, 0) is 11.2 Å². The Morgan fingerprint density at radius 1 is 1.56 bits per heavy atom. The average molecular weight is 241 g/mol. The fourth-order valence-electron chi connectivity index (χ4n) is 2.01. The molecule has 0 N–H and O–H groups in total. The van der Waals surface area contributed by atoms with E-state index in [-0.39, 0.29) is 29.4 Å². The number of hydrogen-bond acceptors (Lipinski definition) is 1. The van der Waals surface area contributed by atoms with E-state index in [0.717, 1.165) is 6.42 Å². The van der Waals surface area contributed by atoms with Crippen molar-refractivity contribution in [2.24, 2.45) is 11.3 Å². The molecule has 1 nitrogen and oxygen atoms in total. The van der Waals surface area contributed by atoms with Gasteiger partial charge in [-0.2, -0.15) is 0 Å². The molecule has 1 aliphatic rings. The fourth-order valence-corrected chi connectivity index (χ4v) is 2.19. The zero-order chi connectivity index (χ0) is 11.9. The molecule has 0 spiro atoms. The second-order valence-corrected chi connectivity index (χ2v) is 5.53. The monoisotopic (exact) mass is 240 g/mol. The third-order valence-electron chi connectivity index (χ3n) is 3.27. The van der Waals surface area contributed by atoms with Crippen molar-refractivity contribution in [3.63, 3.8) is 0 Å². The first-order valence-electron chi connectivity index (χ1n) is 5.37. The summed E-state index contributed by atoms with van der Waals surface area (Å²) in [6, 6.07) is 4.14. The Morgan fingerprint density at radius 2 is 2.19 bits per heavy atom. The Kier molecular flexibility index (Phi) is 2.79. The average Bonchev–Trinajstić information content (AvgIpc) is 2.82. The van der Waals surface area contributed by atoms with Crippen molar-refractivity contribution in [1.29, 1.82) is 0 Å². The molecular weight excluding hydrogens is 227 g/mol. The molecule has 16 heavy (non-hydrogen) atoms. The van der Waals surface area contributed by atoms with Crippen molar-refractivity contribution in [1.82, 2.24) is 0 Å². The van der Waals surface area contributed by atoms with Crippen molar-refractivity contribution < 1.29 is 9.18 Å². The van der Waals surface area contributed by atoms with E-state index in [1.807, 2.05) is 0 Å². The lowest BCUT2D eigenvalue weighted by Gasteiger charge is -2.05. The molecule has 1 aliphatic carbocycles. The molecule has 3 heteroatoms. The zero-order valence-electron chi connectivity index (χ0n) is 9.39. The smallest absolute Gasteiger partial charge is 0.140 e. The third kappa shape index (κ3) is 2.27. The van der Waals surface area contributed by atoms with Gasteiger partial charge < -0.3 is 0 Å². The molecule has 0 aliphatic heterocycles. The lowest BCUT2D eigenvalue weighted by atomic mass is 10.0. The highest BCUT2D eigenvalue weighted by Crippen LogP contribution is 2.52. The summed E-state index contributed by atoms with van der Waals surface area (Å²) in [4.78, 5) is 11.9.